The number of rotatable bonds is 5. The second kappa shape index (κ2) is 6.62. The van der Waals surface area contributed by atoms with Gasteiger partial charge in [0.25, 0.3) is 0 Å². The summed E-state index contributed by atoms with van der Waals surface area (Å²) in [6, 6.07) is 6.62. The third-order valence-corrected chi connectivity index (χ3v) is 6.67. The maximum absolute atomic E-state index is 13.1. The van der Waals surface area contributed by atoms with Crippen LogP contribution in [0.2, 0.25) is 0 Å². The fourth-order valence-electron chi connectivity index (χ4n) is 3.47. The first kappa shape index (κ1) is 16.7. The van der Waals surface area contributed by atoms with E-state index in [1.807, 2.05) is 0 Å². The standard InChI is InChI=1S/C18H29NOS/c1-6-11-19-17-16(9-10-18(17,4)5)21(20)15-8-7-13(2)12-14(15)3/h7-8,12,16-17,19H,6,9-11H2,1-5H3. The molecule has 0 aromatic heterocycles. The van der Waals surface area contributed by atoms with Crippen LogP contribution in [0.3, 0.4) is 0 Å². The fourth-order valence-corrected chi connectivity index (χ4v) is 5.41. The van der Waals surface area contributed by atoms with Crippen LogP contribution < -0.4 is 5.32 Å². The zero-order valence-electron chi connectivity index (χ0n) is 14.0. The lowest BCUT2D eigenvalue weighted by atomic mass is 9.87. The van der Waals surface area contributed by atoms with E-state index in [4.69, 9.17) is 0 Å². The number of nitrogens with one attached hydrogen (secondary N) is 1. The van der Waals surface area contributed by atoms with Crippen LogP contribution in [0.1, 0.15) is 51.2 Å². The predicted molar refractivity (Wildman–Crippen MR) is 91.2 cm³/mol. The largest absolute Gasteiger partial charge is 0.312 e. The summed E-state index contributed by atoms with van der Waals surface area (Å²) in [6.07, 6.45) is 3.32. The molecule has 1 saturated carbocycles. The average Bonchev–Trinajstić information content (AvgIpc) is 2.71. The zero-order chi connectivity index (χ0) is 15.6. The van der Waals surface area contributed by atoms with E-state index >= 15 is 0 Å². The Morgan fingerprint density at radius 3 is 2.67 bits per heavy atom. The molecule has 1 aromatic carbocycles. The molecule has 3 heteroatoms. The van der Waals surface area contributed by atoms with E-state index in [1.54, 1.807) is 0 Å². The third kappa shape index (κ3) is 3.57. The molecule has 0 radical (unpaired) electrons. The molecule has 1 N–H and O–H groups in total. The van der Waals surface area contributed by atoms with Crippen molar-refractivity contribution in [1.82, 2.24) is 5.32 Å². The molecule has 1 aliphatic rings. The second-order valence-electron chi connectivity index (χ2n) is 7.06. The molecule has 0 aliphatic heterocycles. The molecule has 0 bridgehead atoms. The number of hydrogen-bond acceptors (Lipinski definition) is 2. The summed E-state index contributed by atoms with van der Waals surface area (Å²) >= 11 is 0. The highest BCUT2D eigenvalue weighted by atomic mass is 32.2. The molecular weight excluding hydrogens is 278 g/mol. The van der Waals surface area contributed by atoms with Crippen molar-refractivity contribution in [1.29, 1.82) is 0 Å². The highest BCUT2D eigenvalue weighted by molar-refractivity contribution is 7.85. The van der Waals surface area contributed by atoms with Crippen molar-refractivity contribution in [3.63, 3.8) is 0 Å². The van der Waals surface area contributed by atoms with Crippen molar-refractivity contribution < 1.29 is 4.21 Å². The lowest BCUT2D eigenvalue weighted by Crippen LogP contribution is -2.46. The Hall–Kier alpha value is -0.670. The van der Waals surface area contributed by atoms with Gasteiger partial charge < -0.3 is 5.32 Å². The summed E-state index contributed by atoms with van der Waals surface area (Å²) in [5, 5.41) is 3.89. The molecular formula is C18H29NOS. The SMILES string of the molecule is CCCNC1C(S(=O)c2ccc(C)cc2C)CCC1(C)C. The molecule has 3 atom stereocenters. The minimum Gasteiger partial charge on any atom is -0.312 e. The highest BCUT2D eigenvalue weighted by Gasteiger charge is 2.44. The number of benzene rings is 1. The monoisotopic (exact) mass is 307 g/mol. The quantitative estimate of drug-likeness (QED) is 0.892. The molecule has 2 nitrogen and oxygen atoms in total. The minimum absolute atomic E-state index is 0.230. The van der Waals surface area contributed by atoms with E-state index in [-0.39, 0.29) is 10.7 Å². The van der Waals surface area contributed by atoms with Crippen LogP contribution in [0.5, 0.6) is 0 Å². The van der Waals surface area contributed by atoms with Crippen molar-refractivity contribution in [3.05, 3.63) is 29.3 Å². The lowest BCUT2D eigenvalue weighted by molar-refractivity contribution is 0.286. The van der Waals surface area contributed by atoms with E-state index in [0.29, 0.717) is 6.04 Å². The first-order chi connectivity index (χ1) is 9.86. The Labute approximate surface area is 132 Å². The highest BCUT2D eigenvalue weighted by Crippen LogP contribution is 2.41. The van der Waals surface area contributed by atoms with E-state index in [9.17, 15) is 4.21 Å². The van der Waals surface area contributed by atoms with Gasteiger partial charge in [-0.2, -0.15) is 0 Å². The van der Waals surface area contributed by atoms with Gasteiger partial charge in [0.05, 0.1) is 16.0 Å². The van der Waals surface area contributed by atoms with Crippen LogP contribution in [-0.2, 0) is 10.8 Å². The van der Waals surface area contributed by atoms with Gasteiger partial charge in [0, 0.05) is 10.9 Å². The zero-order valence-corrected chi connectivity index (χ0v) is 14.8. The van der Waals surface area contributed by atoms with E-state index in [1.165, 1.54) is 5.56 Å². The van der Waals surface area contributed by atoms with Gasteiger partial charge in [-0.25, -0.2) is 0 Å². The van der Waals surface area contributed by atoms with Gasteiger partial charge in [0.15, 0.2) is 0 Å². The van der Waals surface area contributed by atoms with Crippen LogP contribution in [0.25, 0.3) is 0 Å². The minimum atomic E-state index is -0.921. The van der Waals surface area contributed by atoms with Gasteiger partial charge in [-0.1, -0.05) is 38.5 Å². The Bertz CT molecular complexity index is 524. The topological polar surface area (TPSA) is 29.1 Å². The molecule has 0 heterocycles. The van der Waals surface area contributed by atoms with Gasteiger partial charge in [0.2, 0.25) is 0 Å². The van der Waals surface area contributed by atoms with Gasteiger partial charge in [-0.3, -0.25) is 4.21 Å². The van der Waals surface area contributed by atoms with Gasteiger partial charge in [0.1, 0.15) is 0 Å². The van der Waals surface area contributed by atoms with Gasteiger partial charge >= 0.3 is 0 Å². The number of hydrogen-bond donors (Lipinski definition) is 1. The van der Waals surface area contributed by atoms with Crippen LogP contribution >= 0.6 is 0 Å². The Kier molecular flexibility index (Phi) is 5.26. The Morgan fingerprint density at radius 1 is 1.33 bits per heavy atom. The smallest absolute Gasteiger partial charge is 0.0579 e. The van der Waals surface area contributed by atoms with E-state index in [0.717, 1.165) is 36.3 Å². The first-order valence-corrected chi connectivity index (χ1v) is 9.29. The average molecular weight is 308 g/mol. The van der Waals surface area contributed by atoms with Crippen molar-refractivity contribution in [3.8, 4) is 0 Å². The number of aryl methyl sites for hydroxylation is 2. The third-order valence-electron chi connectivity index (χ3n) is 4.72. The van der Waals surface area contributed by atoms with Gasteiger partial charge in [-0.05, 0) is 56.7 Å². The van der Waals surface area contributed by atoms with Crippen molar-refractivity contribution >= 4 is 10.8 Å². The molecule has 0 saturated heterocycles. The summed E-state index contributed by atoms with van der Waals surface area (Å²) in [5.41, 5.74) is 2.63. The summed E-state index contributed by atoms with van der Waals surface area (Å²) in [6.45, 7) is 12.0. The molecule has 1 fully saturated rings. The van der Waals surface area contributed by atoms with E-state index < -0.39 is 10.8 Å². The maximum atomic E-state index is 13.1. The summed E-state index contributed by atoms with van der Waals surface area (Å²) in [7, 11) is -0.921. The second-order valence-corrected chi connectivity index (χ2v) is 8.70. The first-order valence-electron chi connectivity index (χ1n) is 8.08. The normalized spacial score (nSPS) is 26.0. The Balaban J connectivity index is 2.24. The molecule has 1 aliphatic carbocycles. The molecule has 0 spiro atoms. The Morgan fingerprint density at radius 2 is 2.05 bits per heavy atom. The predicted octanol–water partition coefficient (Wildman–Crippen LogP) is 3.97. The molecule has 1 aromatic rings. The molecule has 2 rings (SSSR count). The summed E-state index contributed by atoms with van der Waals surface area (Å²) in [4.78, 5) is 1.02. The molecule has 21 heavy (non-hydrogen) atoms. The van der Waals surface area contributed by atoms with E-state index in [2.05, 4.69) is 58.1 Å². The van der Waals surface area contributed by atoms with Crippen molar-refractivity contribution in [2.45, 2.75) is 70.1 Å². The van der Waals surface area contributed by atoms with Gasteiger partial charge in [-0.15, -0.1) is 0 Å². The van der Waals surface area contributed by atoms with Crippen molar-refractivity contribution in [2.24, 2.45) is 5.41 Å². The van der Waals surface area contributed by atoms with Crippen molar-refractivity contribution in [2.75, 3.05) is 6.54 Å². The molecule has 0 amide bonds. The lowest BCUT2D eigenvalue weighted by Gasteiger charge is -2.31. The summed E-state index contributed by atoms with van der Waals surface area (Å²) < 4.78 is 13.1. The molecule has 3 unspecified atom stereocenters. The summed E-state index contributed by atoms with van der Waals surface area (Å²) in [5.74, 6) is 0. The molecule has 118 valence electrons. The fraction of sp³-hybridized carbons (Fsp3) is 0.667. The van der Waals surface area contributed by atoms with Crippen LogP contribution in [-0.4, -0.2) is 22.0 Å². The van der Waals surface area contributed by atoms with Crippen LogP contribution in [0.15, 0.2) is 23.1 Å². The maximum Gasteiger partial charge on any atom is 0.0579 e. The van der Waals surface area contributed by atoms with Crippen LogP contribution in [0, 0.1) is 19.3 Å². The van der Waals surface area contributed by atoms with Crippen LogP contribution in [0.4, 0.5) is 0 Å².